The molecule has 5 heteroatoms. The van der Waals surface area contributed by atoms with E-state index in [1.54, 1.807) is 11.3 Å². The molecule has 0 unspecified atom stereocenters. The summed E-state index contributed by atoms with van der Waals surface area (Å²) in [5, 5.41) is 1.75. The van der Waals surface area contributed by atoms with E-state index in [2.05, 4.69) is 9.88 Å². The van der Waals surface area contributed by atoms with Gasteiger partial charge in [0.05, 0.1) is 30.4 Å². The Morgan fingerprint density at radius 1 is 1.26 bits per heavy atom. The molecule has 0 aromatic carbocycles. The van der Waals surface area contributed by atoms with Crippen molar-refractivity contribution in [1.82, 2.24) is 10.0 Å². The second-order valence-corrected chi connectivity index (χ2v) is 5.76. The lowest BCUT2D eigenvalue weighted by atomic mass is 9.98. The van der Waals surface area contributed by atoms with Crippen molar-refractivity contribution in [2.24, 2.45) is 5.41 Å². The van der Waals surface area contributed by atoms with Gasteiger partial charge in [-0.1, -0.05) is 0 Å². The molecular formula is C14H21N3O2. The Kier molecular flexibility index (Phi) is 4.04. The van der Waals surface area contributed by atoms with E-state index in [1.807, 2.05) is 39.1 Å². The summed E-state index contributed by atoms with van der Waals surface area (Å²) in [7, 11) is 0. The van der Waals surface area contributed by atoms with Gasteiger partial charge in [-0.15, -0.1) is 5.06 Å². The van der Waals surface area contributed by atoms with Gasteiger partial charge in [-0.25, -0.2) is 4.79 Å². The monoisotopic (exact) mass is 263 g/mol. The van der Waals surface area contributed by atoms with Gasteiger partial charge in [-0.05, 0) is 32.9 Å². The van der Waals surface area contributed by atoms with Crippen LogP contribution in [0.2, 0.25) is 0 Å². The Labute approximate surface area is 114 Å². The molecule has 0 spiro atoms. The zero-order valence-electron chi connectivity index (χ0n) is 11.8. The zero-order valence-corrected chi connectivity index (χ0v) is 11.8. The Bertz CT molecular complexity index is 420. The van der Waals surface area contributed by atoms with Crippen molar-refractivity contribution < 1.29 is 9.63 Å². The molecule has 0 bridgehead atoms. The number of nitrogens with zero attached hydrogens (tertiary/aromatic N) is 3. The van der Waals surface area contributed by atoms with E-state index in [0.29, 0.717) is 0 Å². The van der Waals surface area contributed by atoms with E-state index in [1.165, 1.54) is 0 Å². The van der Waals surface area contributed by atoms with Gasteiger partial charge < -0.3 is 9.74 Å². The first-order valence-electron chi connectivity index (χ1n) is 6.59. The highest BCUT2D eigenvalue weighted by Crippen LogP contribution is 2.18. The van der Waals surface area contributed by atoms with Crippen molar-refractivity contribution in [2.75, 3.05) is 31.1 Å². The fourth-order valence-corrected chi connectivity index (χ4v) is 1.83. The first-order chi connectivity index (χ1) is 8.97. The summed E-state index contributed by atoms with van der Waals surface area (Å²) in [4.78, 5) is 23.6. The maximum Gasteiger partial charge on any atom is 0.330 e. The topological polar surface area (TPSA) is 45.7 Å². The lowest BCUT2D eigenvalue weighted by Crippen LogP contribution is -2.48. The molecular weight excluding hydrogens is 242 g/mol. The number of piperazine rings is 1. The van der Waals surface area contributed by atoms with E-state index < -0.39 is 5.41 Å². The third-order valence-corrected chi connectivity index (χ3v) is 3.07. The summed E-state index contributed by atoms with van der Waals surface area (Å²) in [6.45, 7) is 8.70. The Hall–Kier alpha value is -1.62. The predicted molar refractivity (Wildman–Crippen MR) is 73.6 cm³/mol. The maximum absolute atomic E-state index is 11.8. The van der Waals surface area contributed by atoms with E-state index in [9.17, 15) is 4.79 Å². The number of carbonyl (C=O) groups is 1. The molecule has 2 rings (SSSR count). The van der Waals surface area contributed by atoms with Gasteiger partial charge in [-0.2, -0.15) is 0 Å². The van der Waals surface area contributed by atoms with Crippen LogP contribution in [0, 0.1) is 5.41 Å². The summed E-state index contributed by atoms with van der Waals surface area (Å²) in [6.07, 6.45) is 3.63. The fourth-order valence-electron chi connectivity index (χ4n) is 1.83. The van der Waals surface area contributed by atoms with Crippen molar-refractivity contribution >= 4 is 11.7 Å². The van der Waals surface area contributed by atoms with Crippen LogP contribution in [0.15, 0.2) is 24.5 Å². The molecule has 0 amide bonds. The molecule has 0 aliphatic carbocycles. The average molecular weight is 263 g/mol. The molecule has 1 aliphatic rings. The van der Waals surface area contributed by atoms with Crippen molar-refractivity contribution in [3.8, 4) is 0 Å². The summed E-state index contributed by atoms with van der Waals surface area (Å²) in [5.74, 6) is -0.178. The van der Waals surface area contributed by atoms with Crippen LogP contribution in [-0.4, -0.2) is 42.2 Å². The van der Waals surface area contributed by atoms with E-state index in [4.69, 9.17) is 4.84 Å². The van der Waals surface area contributed by atoms with E-state index in [0.717, 1.165) is 31.9 Å². The lowest BCUT2D eigenvalue weighted by molar-refractivity contribution is -0.201. The van der Waals surface area contributed by atoms with Crippen molar-refractivity contribution in [2.45, 2.75) is 20.8 Å². The summed E-state index contributed by atoms with van der Waals surface area (Å²) in [5.41, 5.74) is 0.657. The summed E-state index contributed by atoms with van der Waals surface area (Å²) in [6, 6.07) is 3.98. The Morgan fingerprint density at radius 3 is 2.47 bits per heavy atom. The normalized spacial score (nSPS) is 17.3. The van der Waals surface area contributed by atoms with Crippen LogP contribution in [0.3, 0.4) is 0 Å². The largest absolute Gasteiger partial charge is 0.367 e. The molecule has 104 valence electrons. The van der Waals surface area contributed by atoms with Crippen LogP contribution in [-0.2, 0) is 9.63 Å². The first-order valence-corrected chi connectivity index (χ1v) is 6.59. The van der Waals surface area contributed by atoms with Crippen LogP contribution >= 0.6 is 0 Å². The standard InChI is InChI=1S/C14H21N3O2/c1-14(2,3)13(18)19-17-9-7-16(8-10-17)12-5-4-6-15-11-12/h4-6,11H,7-10H2,1-3H3. The number of carbonyl (C=O) groups excluding carboxylic acids is 1. The number of pyridine rings is 1. The third kappa shape index (κ3) is 3.67. The van der Waals surface area contributed by atoms with Gasteiger partial charge >= 0.3 is 5.97 Å². The molecule has 1 saturated heterocycles. The Balaban J connectivity index is 1.85. The van der Waals surface area contributed by atoms with Crippen LogP contribution in [0.4, 0.5) is 5.69 Å². The first kappa shape index (κ1) is 13.8. The molecule has 1 aliphatic heterocycles. The van der Waals surface area contributed by atoms with Crippen LogP contribution < -0.4 is 4.90 Å². The smallest absolute Gasteiger partial charge is 0.330 e. The molecule has 2 heterocycles. The van der Waals surface area contributed by atoms with Crippen molar-refractivity contribution in [3.63, 3.8) is 0 Å². The van der Waals surface area contributed by atoms with Gasteiger partial charge in [-0.3, -0.25) is 4.98 Å². The molecule has 0 radical (unpaired) electrons. The van der Waals surface area contributed by atoms with Gasteiger partial charge in [0.15, 0.2) is 0 Å². The second kappa shape index (κ2) is 5.57. The molecule has 1 aromatic rings. The summed E-state index contributed by atoms with van der Waals surface area (Å²) < 4.78 is 0. The molecule has 0 atom stereocenters. The maximum atomic E-state index is 11.8. The minimum Gasteiger partial charge on any atom is -0.367 e. The molecule has 0 N–H and O–H groups in total. The number of rotatable bonds is 2. The minimum absolute atomic E-state index is 0.178. The highest BCUT2D eigenvalue weighted by atomic mass is 16.7. The second-order valence-electron chi connectivity index (χ2n) is 5.76. The van der Waals surface area contributed by atoms with E-state index in [-0.39, 0.29) is 5.97 Å². The Morgan fingerprint density at radius 2 is 1.95 bits per heavy atom. The molecule has 0 saturated carbocycles. The number of aromatic nitrogens is 1. The predicted octanol–water partition coefficient (Wildman–Crippen LogP) is 1.71. The quantitative estimate of drug-likeness (QED) is 0.813. The van der Waals surface area contributed by atoms with E-state index >= 15 is 0 Å². The van der Waals surface area contributed by atoms with Crippen LogP contribution in [0.1, 0.15) is 20.8 Å². The summed E-state index contributed by atoms with van der Waals surface area (Å²) >= 11 is 0. The fraction of sp³-hybridized carbons (Fsp3) is 0.571. The number of anilines is 1. The number of hydrogen-bond acceptors (Lipinski definition) is 5. The zero-order chi connectivity index (χ0) is 13.9. The van der Waals surface area contributed by atoms with Gasteiger partial charge in [0.1, 0.15) is 0 Å². The van der Waals surface area contributed by atoms with Gasteiger partial charge in [0, 0.05) is 19.3 Å². The average Bonchev–Trinajstić information content (AvgIpc) is 2.39. The van der Waals surface area contributed by atoms with Crippen LogP contribution in [0.25, 0.3) is 0 Å². The van der Waals surface area contributed by atoms with Crippen molar-refractivity contribution in [1.29, 1.82) is 0 Å². The molecule has 1 fully saturated rings. The lowest BCUT2D eigenvalue weighted by Gasteiger charge is -2.35. The number of hydroxylamine groups is 2. The van der Waals surface area contributed by atoms with Gasteiger partial charge in [0.25, 0.3) is 0 Å². The molecule has 1 aromatic heterocycles. The SMILES string of the molecule is CC(C)(C)C(=O)ON1CCN(c2cccnc2)CC1. The minimum atomic E-state index is -0.458. The molecule has 19 heavy (non-hydrogen) atoms. The highest BCUT2D eigenvalue weighted by molar-refractivity contribution is 5.75. The number of hydrogen-bond donors (Lipinski definition) is 0. The highest BCUT2D eigenvalue weighted by Gasteiger charge is 2.27. The third-order valence-electron chi connectivity index (χ3n) is 3.07. The van der Waals surface area contributed by atoms with Crippen molar-refractivity contribution in [3.05, 3.63) is 24.5 Å². The molecule has 5 nitrogen and oxygen atoms in total. The van der Waals surface area contributed by atoms with Crippen LogP contribution in [0.5, 0.6) is 0 Å². The van der Waals surface area contributed by atoms with Gasteiger partial charge in [0.2, 0.25) is 0 Å².